The summed E-state index contributed by atoms with van der Waals surface area (Å²) in [6, 6.07) is 1.98. The van der Waals surface area contributed by atoms with Crippen molar-refractivity contribution in [2.24, 2.45) is 5.41 Å². The highest BCUT2D eigenvalue weighted by Gasteiger charge is 2.36. The Bertz CT molecular complexity index is 229. The van der Waals surface area contributed by atoms with E-state index in [9.17, 15) is 5.11 Å². The Labute approximate surface area is 72.2 Å². The second-order valence-electron chi connectivity index (χ2n) is 3.82. The Kier molecular flexibility index (Phi) is 1.93. The molecule has 0 atom stereocenters. The second kappa shape index (κ2) is 2.94. The zero-order chi connectivity index (χ0) is 8.44. The lowest BCUT2D eigenvalue weighted by atomic mass is 9.66. The predicted molar refractivity (Wildman–Crippen MR) is 45.8 cm³/mol. The van der Waals surface area contributed by atoms with Gasteiger partial charge in [-0.15, -0.1) is 0 Å². The van der Waals surface area contributed by atoms with E-state index in [0.717, 1.165) is 19.3 Å². The van der Waals surface area contributed by atoms with Crippen molar-refractivity contribution in [3.8, 4) is 0 Å². The zero-order valence-electron chi connectivity index (χ0n) is 7.12. The molecule has 1 saturated carbocycles. The first-order valence-electron chi connectivity index (χ1n) is 4.47. The maximum Gasteiger partial charge on any atom is 0.0934 e. The number of aliphatic hydroxyl groups is 1. The van der Waals surface area contributed by atoms with Crippen LogP contribution in [0.3, 0.4) is 0 Å². The summed E-state index contributed by atoms with van der Waals surface area (Å²) < 4.78 is 4.99. The van der Waals surface area contributed by atoms with Crippen molar-refractivity contribution >= 4 is 0 Å². The molecular weight excluding hydrogens is 152 g/mol. The maximum absolute atomic E-state index is 9.20. The molecule has 1 N–H and O–H groups in total. The normalized spacial score (nSPS) is 20.4. The highest BCUT2D eigenvalue weighted by atomic mass is 16.3. The van der Waals surface area contributed by atoms with E-state index >= 15 is 0 Å². The third-order valence-electron chi connectivity index (χ3n) is 2.91. The number of hydrogen-bond donors (Lipinski definition) is 1. The quantitative estimate of drug-likeness (QED) is 0.744. The Balaban J connectivity index is 2.01. The molecule has 0 amide bonds. The van der Waals surface area contributed by atoms with Crippen molar-refractivity contribution < 1.29 is 9.52 Å². The fourth-order valence-corrected chi connectivity index (χ4v) is 1.89. The van der Waals surface area contributed by atoms with Crippen LogP contribution in [0.1, 0.15) is 24.8 Å². The Morgan fingerprint density at radius 1 is 1.50 bits per heavy atom. The molecule has 1 aromatic heterocycles. The first kappa shape index (κ1) is 7.87. The average Bonchev–Trinajstić information content (AvgIpc) is 2.49. The summed E-state index contributed by atoms with van der Waals surface area (Å²) in [5.41, 5.74) is 1.40. The fourth-order valence-electron chi connectivity index (χ4n) is 1.89. The van der Waals surface area contributed by atoms with Crippen LogP contribution in [0.25, 0.3) is 0 Å². The van der Waals surface area contributed by atoms with Crippen LogP contribution in [-0.2, 0) is 6.42 Å². The number of aliphatic hydroxyl groups excluding tert-OH is 1. The number of rotatable bonds is 3. The van der Waals surface area contributed by atoms with Gasteiger partial charge in [0.15, 0.2) is 0 Å². The molecule has 0 spiro atoms. The summed E-state index contributed by atoms with van der Waals surface area (Å²) >= 11 is 0. The van der Waals surface area contributed by atoms with Crippen LogP contribution in [0.2, 0.25) is 0 Å². The van der Waals surface area contributed by atoms with Gasteiger partial charge in [-0.1, -0.05) is 6.42 Å². The third kappa shape index (κ3) is 1.27. The molecule has 0 bridgehead atoms. The summed E-state index contributed by atoms with van der Waals surface area (Å²) in [7, 11) is 0. The summed E-state index contributed by atoms with van der Waals surface area (Å²) in [5.74, 6) is 0. The van der Waals surface area contributed by atoms with E-state index in [1.165, 1.54) is 12.0 Å². The van der Waals surface area contributed by atoms with E-state index in [1.807, 2.05) is 6.07 Å². The van der Waals surface area contributed by atoms with E-state index in [0.29, 0.717) is 6.61 Å². The summed E-state index contributed by atoms with van der Waals surface area (Å²) in [5, 5.41) is 9.20. The lowest BCUT2D eigenvalue weighted by Crippen LogP contribution is -2.35. The van der Waals surface area contributed by atoms with Crippen molar-refractivity contribution in [1.82, 2.24) is 0 Å². The van der Waals surface area contributed by atoms with Gasteiger partial charge in [0, 0.05) is 6.61 Å². The van der Waals surface area contributed by atoms with Crippen molar-refractivity contribution in [2.75, 3.05) is 6.61 Å². The molecule has 0 aromatic carbocycles. The molecule has 1 aromatic rings. The van der Waals surface area contributed by atoms with E-state index in [1.54, 1.807) is 12.5 Å². The molecule has 0 unspecified atom stereocenters. The molecule has 1 aliphatic rings. The highest BCUT2D eigenvalue weighted by molar-refractivity contribution is 5.10. The van der Waals surface area contributed by atoms with Gasteiger partial charge in [-0.25, -0.2) is 0 Å². The molecule has 0 saturated heterocycles. The maximum atomic E-state index is 9.20. The smallest absolute Gasteiger partial charge is 0.0934 e. The van der Waals surface area contributed by atoms with Crippen molar-refractivity contribution in [1.29, 1.82) is 0 Å². The summed E-state index contributed by atoms with van der Waals surface area (Å²) in [6.07, 6.45) is 8.02. The van der Waals surface area contributed by atoms with E-state index in [4.69, 9.17) is 4.42 Å². The Hall–Kier alpha value is -0.760. The highest BCUT2D eigenvalue weighted by Crippen LogP contribution is 2.43. The van der Waals surface area contributed by atoms with Crippen molar-refractivity contribution in [2.45, 2.75) is 25.7 Å². The van der Waals surface area contributed by atoms with Gasteiger partial charge in [0.25, 0.3) is 0 Å². The van der Waals surface area contributed by atoms with Crippen LogP contribution in [0.5, 0.6) is 0 Å². The van der Waals surface area contributed by atoms with Crippen LogP contribution in [0.4, 0.5) is 0 Å². The van der Waals surface area contributed by atoms with Crippen LogP contribution >= 0.6 is 0 Å². The first-order chi connectivity index (χ1) is 5.85. The largest absolute Gasteiger partial charge is 0.472 e. The van der Waals surface area contributed by atoms with Crippen LogP contribution in [0, 0.1) is 5.41 Å². The van der Waals surface area contributed by atoms with Gasteiger partial charge in [-0.3, -0.25) is 0 Å². The summed E-state index contributed by atoms with van der Waals surface area (Å²) in [4.78, 5) is 0. The molecule has 1 heterocycles. The zero-order valence-corrected chi connectivity index (χ0v) is 7.12. The minimum atomic E-state index is 0.184. The van der Waals surface area contributed by atoms with Gasteiger partial charge >= 0.3 is 0 Å². The van der Waals surface area contributed by atoms with Crippen LogP contribution in [-0.4, -0.2) is 11.7 Å². The fraction of sp³-hybridized carbons (Fsp3) is 0.600. The van der Waals surface area contributed by atoms with Gasteiger partial charge in [0.2, 0.25) is 0 Å². The molecule has 1 fully saturated rings. The SMILES string of the molecule is OCC1(Cc2ccoc2)CCC1. The molecular formula is C10H14O2. The monoisotopic (exact) mass is 166 g/mol. The van der Waals surface area contributed by atoms with Gasteiger partial charge in [0.1, 0.15) is 0 Å². The summed E-state index contributed by atoms with van der Waals surface area (Å²) in [6.45, 7) is 0.318. The van der Waals surface area contributed by atoms with E-state index in [2.05, 4.69) is 0 Å². The van der Waals surface area contributed by atoms with E-state index in [-0.39, 0.29) is 5.41 Å². The average molecular weight is 166 g/mol. The molecule has 0 aliphatic heterocycles. The molecule has 2 nitrogen and oxygen atoms in total. The molecule has 12 heavy (non-hydrogen) atoms. The second-order valence-corrected chi connectivity index (χ2v) is 3.82. The lowest BCUT2D eigenvalue weighted by Gasteiger charge is -2.40. The van der Waals surface area contributed by atoms with Crippen LogP contribution in [0.15, 0.2) is 23.0 Å². The van der Waals surface area contributed by atoms with Crippen molar-refractivity contribution in [3.63, 3.8) is 0 Å². The predicted octanol–water partition coefficient (Wildman–Crippen LogP) is 1.98. The molecule has 1 aliphatic carbocycles. The van der Waals surface area contributed by atoms with Gasteiger partial charge < -0.3 is 9.52 Å². The molecule has 0 radical (unpaired) electrons. The minimum absolute atomic E-state index is 0.184. The molecule has 2 heteroatoms. The number of hydrogen-bond acceptors (Lipinski definition) is 2. The van der Waals surface area contributed by atoms with Crippen LogP contribution < -0.4 is 0 Å². The van der Waals surface area contributed by atoms with Gasteiger partial charge in [0.05, 0.1) is 12.5 Å². The Morgan fingerprint density at radius 3 is 2.75 bits per heavy atom. The van der Waals surface area contributed by atoms with Gasteiger partial charge in [-0.2, -0.15) is 0 Å². The van der Waals surface area contributed by atoms with E-state index < -0.39 is 0 Å². The third-order valence-corrected chi connectivity index (χ3v) is 2.91. The number of furan rings is 1. The van der Waals surface area contributed by atoms with Gasteiger partial charge in [-0.05, 0) is 36.3 Å². The molecule has 2 rings (SSSR count). The Morgan fingerprint density at radius 2 is 2.33 bits per heavy atom. The molecule has 66 valence electrons. The first-order valence-corrected chi connectivity index (χ1v) is 4.47. The topological polar surface area (TPSA) is 33.4 Å². The standard InChI is InChI=1S/C10H14O2/c11-8-10(3-1-4-10)6-9-2-5-12-7-9/h2,5,7,11H,1,3-4,6,8H2. The minimum Gasteiger partial charge on any atom is -0.472 e. The van der Waals surface area contributed by atoms with Crippen molar-refractivity contribution in [3.05, 3.63) is 24.2 Å². The lowest BCUT2D eigenvalue weighted by molar-refractivity contribution is 0.0449.